The second kappa shape index (κ2) is 7.66. The standard InChI is InChI=1S/C20H27N5O2/c1-23(13-15-12-20(27)24(14-15)16-6-2-3-7-16)19(26)10-11-25-18-9-5-4-8-17(18)21-22-25/h4-5,8-9,15-16H,2-3,6-7,10-14H2,1H3. The van der Waals surface area contributed by atoms with Crippen LogP contribution in [0.15, 0.2) is 24.3 Å². The number of carbonyl (C=O) groups excluding carboxylic acids is 2. The summed E-state index contributed by atoms with van der Waals surface area (Å²) in [4.78, 5) is 28.7. The van der Waals surface area contributed by atoms with Crippen molar-refractivity contribution >= 4 is 22.8 Å². The number of likely N-dealkylation sites (tertiary alicyclic amines) is 1. The van der Waals surface area contributed by atoms with Gasteiger partial charge in [-0.05, 0) is 25.0 Å². The zero-order chi connectivity index (χ0) is 18.8. The Morgan fingerprint density at radius 3 is 2.85 bits per heavy atom. The highest BCUT2D eigenvalue weighted by atomic mass is 16.2. The maximum absolute atomic E-state index is 12.5. The van der Waals surface area contributed by atoms with E-state index in [1.165, 1.54) is 12.8 Å². The van der Waals surface area contributed by atoms with Crippen molar-refractivity contribution in [2.24, 2.45) is 5.92 Å². The smallest absolute Gasteiger partial charge is 0.224 e. The van der Waals surface area contributed by atoms with E-state index < -0.39 is 0 Å². The Labute approximate surface area is 159 Å². The number of nitrogens with zero attached hydrogens (tertiary/aromatic N) is 5. The van der Waals surface area contributed by atoms with Gasteiger partial charge in [-0.1, -0.05) is 30.2 Å². The fraction of sp³-hybridized carbons (Fsp3) is 0.600. The van der Waals surface area contributed by atoms with Crippen molar-refractivity contribution in [3.63, 3.8) is 0 Å². The lowest BCUT2D eigenvalue weighted by molar-refractivity contribution is -0.131. The van der Waals surface area contributed by atoms with Gasteiger partial charge in [-0.2, -0.15) is 0 Å². The van der Waals surface area contributed by atoms with Crippen LogP contribution in [0.4, 0.5) is 0 Å². The molecule has 27 heavy (non-hydrogen) atoms. The molecule has 1 saturated carbocycles. The first-order valence-corrected chi connectivity index (χ1v) is 9.93. The van der Waals surface area contributed by atoms with Gasteiger partial charge in [0.05, 0.1) is 12.1 Å². The summed E-state index contributed by atoms with van der Waals surface area (Å²) in [6.45, 7) is 1.96. The fourth-order valence-electron chi connectivity index (χ4n) is 4.46. The highest BCUT2D eigenvalue weighted by molar-refractivity contribution is 5.80. The van der Waals surface area contributed by atoms with Gasteiger partial charge in [0, 0.05) is 44.9 Å². The van der Waals surface area contributed by atoms with E-state index in [1.807, 2.05) is 31.3 Å². The SMILES string of the molecule is CN(CC1CC(=O)N(C2CCCC2)C1)C(=O)CCn1nnc2ccccc21. The molecule has 2 aliphatic rings. The van der Waals surface area contributed by atoms with Crippen LogP contribution in [-0.2, 0) is 16.1 Å². The molecule has 0 spiro atoms. The van der Waals surface area contributed by atoms with Crippen molar-refractivity contribution in [3.05, 3.63) is 24.3 Å². The highest BCUT2D eigenvalue weighted by Crippen LogP contribution is 2.29. The molecule has 2 heterocycles. The maximum atomic E-state index is 12.5. The van der Waals surface area contributed by atoms with Crippen LogP contribution in [0.25, 0.3) is 11.0 Å². The number of aryl methyl sites for hydroxylation is 1. The van der Waals surface area contributed by atoms with Gasteiger partial charge in [-0.3, -0.25) is 9.59 Å². The van der Waals surface area contributed by atoms with E-state index in [1.54, 1.807) is 9.58 Å². The largest absolute Gasteiger partial charge is 0.345 e. The lowest BCUT2D eigenvalue weighted by Crippen LogP contribution is -2.36. The van der Waals surface area contributed by atoms with E-state index in [4.69, 9.17) is 0 Å². The van der Waals surface area contributed by atoms with Crippen molar-refractivity contribution in [3.8, 4) is 0 Å². The van der Waals surface area contributed by atoms with Gasteiger partial charge in [-0.25, -0.2) is 4.68 Å². The molecule has 144 valence electrons. The summed E-state index contributed by atoms with van der Waals surface area (Å²) in [5, 5.41) is 8.26. The topological polar surface area (TPSA) is 71.3 Å². The Kier molecular flexibility index (Phi) is 5.09. The number of rotatable bonds is 6. The molecule has 1 aliphatic heterocycles. The van der Waals surface area contributed by atoms with Gasteiger partial charge in [0.1, 0.15) is 5.52 Å². The Morgan fingerprint density at radius 1 is 1.26 bits per heavy atom. The van der Waals surface area contributed by atoms with E-state index in [2.05, 4.69) is 15.2 Å². The summed E-state index contributed by atoms with van der Waals surface area (Å²) in [7, 11) is 1.84. The van der Waals surface area contributed by atoms with Gasteiger partial charge < -0.3 is 9.80 Å². The van der Waals surface area contributed by atoms with E-state index >= 15 is 0 Å². The third kappa shape index (κ3) is 3.82. The molecule has 0 bridgehead atoms. The quantitative estimate of drug-likeness (QED) is 0.781. The molecule has 7 nitrogen and oxygen atoms in total. The van der Waals surface area contributed by atoms with Crippen molar-refractivity contribution < 1.29 is 9.59 Å². The van der Waals surface area contributed by atoms with E-state index in [0.29, 0.717) is 32.0 Å². The molecule has 2 amide bonds. The Balaban J connectivity index is 1.28. The lowest BCUT2D eigenvalue weighted by atomic mass is 10.1. The number of aromatic nitrogens is 3. The van der Waals surface area contributed by atoms with Crippen LogP contribution >= 0.6 is 0 Å². The van der Waals surface area contributed by atoms with Crippen molar-refractivity contribution in [2.45, 2.75) is 51.1 Å². The molecule has 1 saturated heterocycles. The monoisotopic (exact) mass is 369 g/mol. The molecule has 1 aromatic heterocycles. The third-order valence-electron chi connectivity index (χ3n) is 5.92. The molecular weight excluding hydrogens is 342 g/mol. The summed E-state index contributed by atoms with van der Waals surface area (Å²) in [6.07, 6.45) is 5.69. The number of hydrogen-bond acceptors (Lipinski definition) is 4. The zero-order valence-corrected chi connectivity index (χ0v) is 15.9. The molecule has 0 radical (unpaired) electrons. The minimum Gasteiger partial charge on any atom is -0.345 e. The molecule has 7 heteroatoms. The number of amides is 2. The third-order valence-corrected chi connectivity index (χ3v) is 5.92. The maximum Gasteiger partial charge on any atom is 0.224 e. The average molecular weight is 369 g/mol. The van der Waals surface area contributed by atoms with Gasteiger partial charge in [-0.15, -0.1) is 5.10 Å². The lowest BCUT2D eigenvalue weighted by Gasteiger charge is -2.25. The second-order valence-corrected chi connectivity index (χ2v) is 7.88. The highest BCUT2D eigenvalue weighted by Gasteiger charge is 2.36. The molecule has 2 aromatic rings. The Bertz CT molecular complexity index is 827. The van der Waals surface area contributed by atoms with E-state index in [-0.39, 0.29) is 17.7 Å². The van der Waals surface area contributed by atoms with Gasteiger partial charge in [0.25, 0.3) is 0 Å². The first kappa shape index (κ1) is 17.9. The van der Waals surface area contributed by atoms with Crippen molar-refractivity contribution in [2.75, 3.05) is 20.1 Å². The molecule has 2 fully saturated rings. The minimum absolute atomic E-state index is 0.0846. The summed E-state index contributed by atoms with van der Waals surface area (Å²) in [6, 6.07) is 8.19. The van der Waals surface area contributed by atoms with E-state index in [0.717, 1.165) is 30.4 Å². The van der Waals surface area contributed by atoms with Crippen LogP contribution in [0.2, 0.25) is 0 Å². The summed E-state index contributed by atoms with van der Waals surface area (Å²) in [5.41, 5.74) is 1.79. The fourth-order valence-corrected chi connectivity index (χ4v) is 4.46. The zero-order valence-electron chi connectivity index (χ0n) is 15.9. The second-order valence-electron chi connectivity index (χ2n) is 7.88. The molecule has 0 N–H and O–H groups in total. The summed E-state index contributed by atoms with van der Waals surface area (Å²) >= 11 is 0. The molecule has 1 atom stereocenters. The van der Waals surface area contributed by atoms with Crippen LogP contribution in [-0.4, -0.2) is 62.8 Å². The number of carbonyl (C=O) groups is 2. The minimum atomic E-state index is 0.0846. The molecule has 1 unspecified atom stereocenters. The predicted molar refractivity (Wildman–Crippen MR) is 102 cm³/mol. The van der Waals surface area contributed by atoms with Gasteiger partial charge >= 0.3 is 0 Å². The number of fused-ring (bicyclic) bond motifs is 1. The van der Waals surface area contributed by atoms with Crippen LogP contribution in [0.1, 0.15) is 38.5 Å². The molecule has 4 rings (SSSR count). The molecule has 1 aromatic carbocycles. The predicted octanol–water partition coefficient (Wildman–Crippen LogP) is 2.07. The first-order chi connectivity index (χ1) is 13.1. The van der Waals surface area contributed by atoms with Crippen molar-refractivity contribution in [1.82, 2.24) is 24.8 Å². The van der Waals surface area contributed by atoms with E-state index in [9.17, 15) is 9.59 Å². The molecular formula is C20H27N5O2. The normalized spacial score (nSPS) is 20.7. The number of para-hydroxylation sites is 1. The van der Waals surface area contributed by atoms with Crippen LogP contribution in [0.5, 0.6) is 0 Å². The van der Waals surface area contributed by atoms with Crippen LogP contribution in [0.3, 0.4) is 0 Å². The van der Waals surface area contributed by atoms with Crippen molar-refractivity contribution in [1.29, 1.82) is 0 Å². The average Bonchev–Trinajstić information content (AvgIpc) is 3.39. The summed E-state index contributed by atoms with van der Waals surface area (Å²) in [5.74, 6) is 0.599. The molecule has 1 aliphatic carbocycles. The number of hydrogen-bond donors (Lipinski definition) is 0. The van der Waals surface area contributed by atoms with Gasteiger partial charge in [0.15, 0.2) is 0 Å². The van der Waals surface area contributed by atoms with Crippen LogP contribution < -0.4 is 0 Å². The summed E-state index contributed by atoms with van der Waals surface area (Å²) < 4.78 is 1.78. The Hall–Kier alpha value is -2.44. The van der Waals surface area contributed by atoms with Gasteiger partial charge in [0.2, 0.25) is 11.8 Å². The first-order valence-electron chi connectivity index (χ1n) is 9.93. The van der Waals surface area contributed by atoms with Crippen LogP contribution in [0, 0.1) is 5.92 Å². The number of benzene rings is 1. The Morgan fingerprint density at radius 2 is 2.04 bits per heavy atom.